The zero-order valence-corrected chi connectivity index (χ0v) is 7.97. The first-order valence-electron chi connectivity index (χ1n) is 4.61. The van der Waals surface area contributed by atoms with E-state index in [0.717, 1.165) is 18.4 Å². The SMILES string of the molecule is CNC1(c2ccc(F)c(C#N)c2)CC1. The molecule has 2 rings (SSSR count). The van der Waals surface area contributed by atoms with Crippen molar-refractivity contribution in [2.75, 3.05) is 7.05 Å². The molecule has 0 saturated heterocycles. The van der Waals surface area contributed by atoms with E-state index in [4.69, 9.17) is 5.26 Å². The van der Waals surface area contributed by atoms with Gasteiger partial charge < -0.3 is 5.32 Å². The molecule has 1 aliphatic carbocycles. The molecule has 14 heavy (non-hydrogen) atoms. The maximum Gasteiger partial charge on any atom is 0.140 e. The monoisotopic (exact) mass is 190 g/mol. The molecule has 1 aliphatic rings. The Morgan fingerprint density at radius 3 is 2.71 bits per heavy atom. The fourth-order valence-electron chi connectivity index (χ4n) is 1.72. The Labute approximate surface area is 82.4 Å². The van der Waals surface area contributed by atoms with Crippen molar-refractivity contribution < 1.29 is 4.39 Å². The van der Waals surface area contributed by atoms with E-state index in [-0.39, 0.29) is 11.1 Å². The van der Waals surface area contributed by atoms with Crippen LogP contribution in [-0.2, 0) is 5.54 Å². The van der Waals surface area contributed by atoms with Gasteiger partial charge in [-0.2, -0.15) is 5.26 Å². The summed E-state index contributed by atoms with van der Waals surface area (Å²) in [6, 6.07) is 6.61. The number of halogens is 1. The summed E-state index contributed by atoms with van der Waals surface area (Å²) in [7, 11) is 1.89. The van der Waals surface area contributed by atoms with Crippen LogP contribution in [0.25, 0.3) is 0 Å². The molecular weight excluding hydrogens is 179 g/mol. The van der Waals surface area contributed by atoms with Gasteiger partial charge in [0, 0.05) is 5.54 Å². The summed E-state index contributed by atoms with van der Waals surface area (Å²) >= 11 is 0. The Balaban J connectivity index is 2.42. The summed E-state index contributed by atoms with van der Waals surface area (Å²) in [4.78, 5) is 0. The van der Waals surface area contributed by atoms with Gasteiger partial charge in [-0.15, -0.1) is 0 Å². The Hall–Kier alpha value is -1.40. The molecule has 0 bridgehead atoms. The van der Waals surface area contributed by atoms with Crippen LogP contribution in [-0.4, -0.2) is 7.05 Å². The lowest BCUT2D eigenvalue weighted by atomic mass is 10.0. The summed E-state index contributed by atoms with van der Waals surface area (Å²) < 4.78 is 13.0. The van der Waals surface area contributed by atoms with Crippen molar-refractivity contribution in [1.82, 2.24) is 5.32 Å². The highest BCUT2D eigenvalue weighted by Crippen LogP contribution is 2.45. The predicted molar refractivity (Wildman–Crippen MR) is 51.1 cm³/mol. The largest absolute Gasteiger partial charge is 0.310 e. The Bertz CT molecular complexity index is 402. The molecule has 0 atom stereocenters. The molecule has 0 spiro atoms. The maximum absolute atomic E-state index is 13.0. The lowest BCUT2D eigenvalue weighted by molar-refractivity contribution is 0.578. The van der Waals surface area contributed by atoms with Crippen LogP contribution >= 0.6 is 0 Å². The average molecular weight is 190 g/mol. The number of nitrogens with zero attached hydrogens (tertiary/aromatic N) is 1. The minimum Gasteiger partial charge on any atom is -0.310 e. The van der Waals surface area contributed by atoms with E-state index < -0.39 is 5.82 Å². The predicted octanol–water partition coefficient (Wildman–Crippen LogP) is 1.91. The highest BCUT2D eigenvalue weighted by molar-refractivity contribution is 5.39. The van der Waals surface area contributed by atoms with Crippen LogP contribution in [0.1, 0.15) is 24.0 Å². The molecule has 1 aromatic rings. The number of rotatable bonds is 2. The van der Waals surface area contributed by atoms with Crippen molar-refractivity contribution in [3.05, 3.63) is 35.1 Å². The molecule has 0 aliphatic heterocycles. The minimum atomic E-state index is -0.442. The number of nitriles is 1. The first-order valence-corrected chi connectivity index (χ1v) is 4.61. The molecule has 1 aromatic carbocycles. The lowest BCUT2D eigenvalue weighted by Crippen LogP contribution is -2.24. The van der Waals surface area contributed by atoms with Crippen molar-refractivity contribution in [2.24, 2.45) is 0 Å². The fraction of sp³-hybridized carbons (Fsp3) is 0.364. The van der Waals surface area contributed by atoms with Crippen LogP contribution in [0.3, 0.4) is 0 Å². The highest BCUT2D eigenvalue weighted by atomic mass is 19.1. The van der Waals surface area contributed by atoms with Gasteiger partial charge in [0.05, 0.1) is 5.56 Å². The van der Waals surface area contributed by atoms with Crippen molar-refractivity contribution in [3.8, 4) is 6.07 Å². The third-order valence-corrected chi connectivity index (χ3v) is 2.87. The first-order chi connectivity index (χ1) is 6.72. The van der Waals surface area contributed by atoms with E-state index >= 15 is 0 Å². The topological polar surface area (TPSA) is 35.8 Å². The van der Waals surface area contributed by atoms with E-state index in [2.05, 4.69) is 5.32 Å². The van der Waals surface area contributed by atoms with Crippen LogP contribution in [0, 0.1) is 17.1 Å². The van der Waals surface area contributed by atoms with Gasteiger partial charge in [-0.1, -0.05) is 6.07 Å². The average Bonchev–Trinajstić information content (AvgIpc) is 2.99. The Kier molecular flexibility index (Phi) is 2.01. The second-order valence-corrected chi connectivity index (χ2v) is 3.64. The third-order valence-electron chi connectivity index (χ3n) is 2.87. The molecule has 2 nitrogen and oxygen atoms in total. The van der Waals surface area contributed by atoms with Gasteiger partial charge in [-0.05, 0) is 37.6 Å². The van der Waals surface area contributed by atoms with E-state index in [1.54, 1.807) is 12.1 Å². The second kappa shape index (κ2) is 3.07. The standard InChI is InChI=1S/C11H11FN2/c1-14-11(4-5-11)9-2-3-10(12)8(6-9)7-13/h2-3,6,14H,4-5H2,1H3. The van der Waals surface area contributed by atoms with Crippen LogP contribution in [0.2, 0.25) is 0 Å². The van der Waals surface area contributed by atoms with E-state index in [0.29, 0.717) is 0 Å². The van der Waals surface area contributed by atoms with E-state index in [1.165, 1.54) is 6.07 Å². The molecule has 0 unspecified atom stereocenters. The molecule has 0 radical (unpaired) electrons. The normalized spacial score (nSPS) is 17.5. The minimum absolute atomic E-state index is 0.000694. The van der Waals surface area contributed by atoms with Gasteiger partial charge >= 0.3 is 0 Å². The fourth-order valence-corrected chi connectivity index (χ4v) is 1.72. The zero-order chi connectivity index (χ0) is 10.2. The third kappa shape index (κ3) is 1.28. The van der Waals surface area contributed by atoms with E-state index in [1.807, 2.05) is 13.1 Å². The van der Waals surface area contributed by atoms with Crippen LogP contribution in [0.15, 0.2) is 18.2 Å². The summed E-state index contributed by atoms with van der Waals surface area (Å²) in [5.41, 5.74) is 1.14. The number of hydrogen-bond acceptors (Lipinski definition) is 2. The van der Waals surface area contributed by atoms with Crippen molar-refractivity contribution in [2.45, 2.75) is 18.4 Å². The van der Waals surface area contributed by atoms with Gasteiger partial charge in [-0.25, -0.2) is 4.39 Å². The van der Waals surface area contributed by atoms with Gasteiger partial charge in [0.1, 0.15) is 11.9 Å². The molecule has 1 saturated carbocycles. The van der Waals surface area contributed by atoms with Gasteiger partial charge in [0.2, 0.25) is 0 Å². The number of nitrogens with one attached hydrogen (secondary N) is 1. The highest BCUT2D eigenvalue weighted by Gasteiger charge is 2.42. The maximum atomic E-state index is 13.0. The van der Waals surface area contributed by atoms with Crippen molar-refractivity contribution >= 4 is 0 Å². The van der Waals surface area contributed by atoms with Crippen molar-refractivity contribution in [3.63, 3.8) is 0 Å². The van der Waals surface area contributed by atoms with Gasteiger partial charge in [0.15, 0.2) is 0 Å². The van der Waals surface area contributed by atoms with Crippen molar-refractivity contribution in [1.29, 1.82) is 5.26 Å². The summed E-state index contributed by atoms with van der Waals surface area (Å²) in [6.45, 7) is 0. The number of hydrogen-bond donors (Lipinski definition) is 1. The Morgan fingerprint density at radius 1 is 1.50 bits per heavy atom. The molecule has 0 heterocycles. The molecule has 1 fully saturated rings. The summed E-state index contributed by atoms with van der Waals surface area (Å²) in [5.74, 6) is -0.442. The smallest absolute Gasteiger partial charge is 0.140 e. The number of benzene rings is 1. The second-order valence-electron chi connectivity index (χ2n) is 3.64. The van der Waals surface area contributed by atoms with Crippen LogP contribution in [0.4, 0.5) is 4.39 Å². The molecule has 1 N–H and O–H groups in total. The summed E-state index contributed by atoms with van der Waals surface area (Å²) in [5, 5.41) is 11.9. The molecular formula is C11H11FN2. The zero-order valence-electron chi connectivity index (χ0n) is 7.97. The molecule has 3 heteroatoms. The lowest BCUT2D eigenvalue weighted by Gasteiger charge is -2.14. The van der Waals surface area contributed by atoms with Gasteiger partial charge in [-0.3, -0.25) is 0 Å². The van der Waals surface area contributed by atoms with Gasteiger partial charge in [0.25, 0.3) is 0 Å². The first kappa shape index (κ1) is 9.17. The van der Waals surface area contributed by atoms with Crippen LogP contribution < -0.4 is 5.32 Å². The van der Waals surface area contributed by atoms with Crippen LogP contribution in [0.5, 0.6) is 0 Å². The molecule has 0 aromatic heterocycles. The molecule has 72 valence electrons. The Morgan fingerprint density at radius 2 is 2.21 bits per heavy atom. The quantitative estimate of drug-likeness (QED) is 0.773. The van der Waals surface area contributed by atoms with E-state index in [9.17, 15) is 4.39 Å². The molecule has 0 amide bonds. The summed E-state index contributed by atoms with van der Waals surface area (Å²) in [6.07, 6.45) is 2.11.